The molecular weight excluding hydrogens is 296 g/mol. The highest BCUT2D eigenvalue weighted by Gasteiger charge is 2.42. The molecule has 1 aliphatic carbocycles. The second-order valence-corrected chi connectivity index (χ2v) is 6.29. The Kier molecular flexibility index (Phi) is 2.10. The Morgan fingerprint density at radius 3 is 2.57 bits per heavy atom. The number of benzene rings is 2. The molecule has 0 aromatic heterocycles. The molecule has 23 heavy (non-hydrogen) atoms. The van der Waals surface area contributed by atoms with E-state index in [2.05, 4.69) is 12.1 Å². The highest BCUT2D eigenvalue weighted by atomic mass is 16.7. The standard InChI is InChI=1S/C18H14O5/c1-2-11-12-5-15-16(21-7-20-15)6-14(12)23-17(11)9-3-4-13-18(10(1)9)22-8-19-13/h3-6,11,17H,1-2,7-8H2/t11-,17+/m0/s1. The summed E-state index contributed by atoms with van der Waals surface area (Å²) < 4.78 is 28.4. The number of fused-ring (bicyclic) bond motifs is 8. The lowest BCUT2D eigenvalue weighted by Gasteiger charge is -2.28. The molecule has 0 radical (unpaired) electrons. The summed E-state index contributed by atoms with van der Waals surface area (Å²) >= 11 is 0. The van der Waals surface area contributed by atoms with E-state index in [1.165, 1.54) is 16.7 Å². The van der Waals surface area contributed by atoms with Gasteiger partial charge in [0.1, 0.15) is 11.9 Å². The maximum absolute atomic E-state index is 6.29. The normalized spacial score (nSPS) is 24.7. The third-order valence-corrected chi connectivity index (χ3v) is 5.21. The molecule has 0 unspecified atom stereocenters. The van der Waals surface area contributed by atoms with Gasteiger partial charge in [-0.3, -0.25) is 0 Å². The summed E-state index contributed by atoms with van der Waals surface area (Å²) in [6.45, 7) is 0.598. The van der Waals surface area contributed by atoms with Crippen molar-refractivity contribution in [2.45, 2.75) is 24.9 Å². The minimum absolute atomic E-state index is 0.0331. The van der Waals surface area contributed by atoms with E-state index in [-0.39, 0.29) is 6.10 Å². The molecule has 0 saturated heterocycles. The average Bonchev–Trinajstić information content (AvgIpc) is 3.29. The summed E-state index contributed by atoms with van der Waals surface area (Å²) in [5.41, 5.74) is 3.67. The molecule has 0 bridgehead atoms. The fourth-order valence-electron chi connectivity index (χ4n) is 4.17. The van der Waals surface area contributed by atoms with Crippen molar-refractivity contribution < 1.29 is 23.7 Å². The molecule has 0 amide bonds. The van der Waals surface area contributed by atoms with Crippen molar-refractivity contribution in [3.8, 4) is 28.7 Å². The zero-order valence-electron chi connectivity index (χ0n) is 12.3. The third-order valence-electron chi connectivity index (χ3n) is 5.21. The molecule has 0 fully saturated rings. The van der Waals surface area contributed by atoms with Gasteiger partial charge in [-0.05, 0) is 25.0 Å². The lowest BCUT2D eigenvalue weighted by atomic mass is 9.79. The van der Waals surface area contributed by atoms with Crippen LogP contribution in [0.25, 0.3) is 0 Å². The van der Waals surface area contributed by atoms with Gasteiger partial charge in [-0.15, -0.1) is 0 Å². The van der Waals surface area contributed by atoms with Crippen molar-refractivity contribution in [1.82, 2.24) is 0 Å². The van der Waals surface area contributed by atoms with E-state index in [1.807, 2.05) is 12.1 Å². The summed E-state index contributed by atoms with van der Waals surface area (Å²) in [5, 5.41) is 0. The van der Waals surface area contributed by atoms with Crippen LogP contribution >= 0.6 is 0 Å². The second kappa shape index (κ2) is 4.04. The predicted octanol–water partition coefficient (Wildman–Crippen LogP) is 3.31. The average molecular weight is 310 g/mol. The van der Waals surface area contributed by atoms with Gasteiger partial charge >= 0.3 is 0 Å². The first-order chi connectivity index (χ1) is 11.4. The SMILES string of the molecule is c1c2c(cc3c1O[C@@H]1c4ccc5c(c4CC[C@@H]31)OCO5)OCO2. The van der Waals surface area contributed by atoms with E-state index in [1.54, 1.807) is 0 Å². The molecule has 4 aliphatic rings. The Labute approximate surface area is 132 Å². The van der Waals surface area contributed by atoms with Crippen LogP contribution in [0.2, 0.25) is 0 Å². The van der Waals surface area contributed by atoms with E-state index < -0.39 is 0 Å². The molecule has 0 N–H and O–H groups in total. The maximum Gasteiger partial charge on any atom is 0.231 e. The molecule has 5 heteroatoms. The summed E-state index contributed by atoms with van der Waals surface area (Å²) in [6.07, 6.45) is 2.04. The monoisotopic (exact) mass is 310 g/mol. The topological polar surface area (TPSA) is 46.2 Å². The first-order valence-electron chi connectivity index (χ1n) is 7.90. The summed E-state index contributed by atoms with van der Waals surface area (Å²) in [7, 11) is 0. The zero-order chi connectivity index (χ0) is 15.0. The van der Waals surface area contributed by atoms with Gasteiger partial charge in [0.2, 0.25) is 13.6 Å². The van der Waals surface area contributed by atoms with Crippen LogP contribution in [-0.4, -0.2) is 13.6 Å². The van der Waals surface area contributed by atoms with Crippen LogP contribution in [-0.2, 0) is 6.42 Å². The highest BCUT2D eigenvalue weighted by Crippen LogP contribution is 2.56. The molecule has 116 valence electrons. The Morgan fingerprint density at radius 1 is 0.783 bits per heavy atom. The number of hydrogen-bond donors (Lipinski definition) is 0. The van der Waals surface area contributed by atoms with Crippen molar-refractivity contribution in [3.63, 3.8) is 0 Å². The van der Waals surface area contributed by atoms with Crippen molar-refractivity contribution >= 4 is 0 Å². The lowest BCUT2D eigenvalue weighted by molar-refractivity contribution is 0.169. The molecule has 3 aliphatic heterocycles. The van der Waals surface area contributed by atoms with Crippen molar-refractivity contribution in [2.75, 3.05) is 13.6 Å². The van der Waals surface area contributed by atoms with Crippen LogP contribution in [0.1, 0.15) is 35.1 Å². The molecule has 3 heterocycles. The molecular formula is C18H14O5. The van der Waals surface area contributed by atoms with Crippen LogP contribution in [0.5, 0.6) is 28.7 Å². The molecule has 0 saturated carbocycles. The molecule has 6 rings (SSSR count). The van der Waals surface area contributed by atoms with Gasteiger partial charge < -0.3 is 23.7 Å². The van der Waals surface area contributed by atoms with Crippen molar-refractivity contribution in [1.29, 1.82) is 0 Å². The molecule has 2 atom stereocenters. The van der Waals surface area contributed by atoms with E-state index in [9.17, 15) is 0 Å². The molecule has 0 spiro atoms. The van der Waals surface area contributed by atoms with E-state index in [0.717, 1.165) is 41.6 Å². The van der Waals surface area contributed by atoms with Gasteiger partial charge in [0, 0.05) is 28.7 Å². The minimum Gasteiger partial charge on any atom is -0.485 e. The zero-order valence-corrected chi connectivity index (χ0v) is 12.3. The third kappa shape index (κ3) is 1.47. The first kappa shape index (κ1) is 11.9. The van der Waals surface area contributed by atoms with Gasteiger partial charge in [-0.1, -0.05) is 6.07 Å². The lowest BCUT2D eigenvalue weighted by Crippen LogP contribution is -2.18. The van der Waals surface area contributed by atoms with E-state index in [0.29, 0.717) is 19.5 Å². The summed E-state index contributed by atoms with van der Waals surface area (Å²) in [5.74, 6) is 4.60. The number of rotatable bonds is 0. The van der Waals surface area contributed by atoms with Crippen LogP contribution < -0.4 is 23.7 Å². The predicted molar refractivity (Wildman–Crippen MR) is 79.6 cm³/mol. The molecule has 2 aromatic rings. The van der Waals surface area contributed by atoms with Crippen LogP contribution in [0.4, 0.5) is 0 Å². The Morgan fingerprint density at radius 2 is 1.61 bits per heavy atom. The van der Waals surface area contributed by atoms with Crippen LogP contribution in [0.15, 0.2) is 24.3 Å². The molecule has 2 aromatic carbocycles. The second-order valence-electron chi connectivity index (χ2n) is 6.29. The Hall–Kier alpha value is -2.56. The van der Waals surface area contributed by atoms with Gasteiger partial charge in [0.05, 0.1) is 0 Å². The smallest absolute Gasteiger partial charge is 0.231 e. The Balaban J connectivity index is 1.48. The van der Waals surface area contributed by atoms with Gasteiger partial charge in [-0.25, -0.2) is 0 Å². The Bertz CT molecular complexity index is 844. The van der Waals surface area contributed by atoms with Crippen LogP contribution in [0.3, 0.4) is 0 Å². The largest absolute Gasteiger partial charge is 0.485 e. The van der Waals surface area contributed by atoms with Crippen molar-refractivity contribution in [2.24, 2.45) is 0 Å². The van der Waals surface area contributed by atoms with E-state index in [4.69, 9.17) is 23.7 Å². The van der Waals surface area contributed by atoms with Crippen LogP contribution in [0, 0.1) is 0 Å². The first-order valence-corrected chi connectivity index (χ1v) is 7.90. The molecule has 5 nitrogen and oxygen atoms in total. The summed E-state index contributed by atoms with van der Waals surface area (Å²) in [4.78, 5) is 0. The minimum atomic E-state index is 0.0331. The highest BCUT2D eigenvalue weighted by molar-refractivity contribution is 5.59. The quantitative estimate of drug-likeness (QED) is 0.747. The summed E-state index contributed by atoms with van der Waals surface area (Å²) in [6, 6.07) is 8.15. The fourth-order valence-corrected chi connectivity index (χ4v) is 4.17. The van der Waals surface area contributed by atoms with Gasteiger partial charge in [-0.2, -0.15) is 0 Å². The number of hydrogen-bond acceptors (Lipinski definition) is 5. The van der Waals surface area contributed by atoms with Crippen molar-refractivity contribution in [3.05, 3.63) is 41.0 Å². The fraction of sp³-hybridized carbons (Fsp3) is 0.333. The number of ether oxygens (including phenoxy) is 5. The van der Waals surface area contributed by atoms with Gasteiger partial charge in [0.25, 0.3) is 0 Å². The van der Waals surface area contributed by atoms with E-state index >= 15 is 0 Å². The van der Waals surface area contributed by atoms with Gasteiger partial charge in [0.15, 0.2) is 23.0 Å². The maximum atomic E-state index is 6.29.